The topological polar surface area (TPSA) is 90.9 Å². The molecular weight excluding hydrogens is 268 g/mol. The highest BCUT2D eigenvalue weighted by atomic mass is 16.4. The maximum atomic E-state index is 11.7. The standard InChI is InChI=1S/C15H20N4O2/c1-2-11-12(15(20)21)13(10-8-16-19-14(10)18-11)17-9-6-4-3-5-7-9/h8-9H,2-7H2,1H3,(H,20,21)(H2,16,17,18,19). The Hall–Kier alpha value is -2.11. The molecule has 0 atom stereocenters. The summed E-state index contributed by atoms with van der Waals surface area (Å²) in [6, 6.07) is 0.335. The summed E-state index contributed by atoms with van der Waals surface area (Å²) < 4.78 is 0. The van der Waals surface area contributed by atoms with Crippen LogP contribution in [0.1, 0.15) is 55.1 Å². The lowest BCUT2D eigenvalue weighted by molar-refractivity contribution is 0.0696. The van der Waals surface area contributed by atoms with Gasteiger partial charge in [-0.1, -0.05) is 26.2 Å². The molecule has 21 heavy (non-hydrogen) atoms. The summed E-state index contributed by atoms with van der Waals surface area (Å²) in [4.78, 5) is 16.1. The fraction of sp³-hybridized carbons (Fsp3) is 0.533. The smallest absolute Gasteiger partial charge is 0.339 e. The maximum absolute atomic E-state index is 11.7. The molecule has 6 heteroatoms. The van der Waals surface area contributed by atoms with Crippen LogP contribution in [-0.4, -0.2) is 32.3 Å². The summed E-state index contributed by atoms with van der Waals surface area (Å²) in [5.74, 6) is -0.930. The first kappa shape index (κ1) is 13.9. The van der Waals surface area contributed by atoms with Crippen molar-refractivity contribution in [1.82, 2.24) is 15.2 Å². The Kier molecular flexibility index (Phi) is 3.77. The third kappa shape index (κ3) is 2.57. The van der Waals surface area contributed by atoms with Crippen LogP contribution in [0.2, 0.25) is 0 Å². The van der Waals surface area contributed by atoms with Gasteiger partial charge in [-0.2, -0.15) is 5.10 Å². The zero-order chi connectivity index (χ0) is 14.8. The molecule has 1 aliphatic carbocycles. The third-order valence-electron chi connectivity index (χ3n) is 4.18. The van der Waals surface area contributed by atoms with E-state index in [0.29, 0.717) is 29.5 Å². The quantitative estimate of drug-likeness (QED) is 0.804. The molecule has 3 rings (SSSR count). The molecule has 0 bridgehead atoms. The predicted octanol–water partition coefficient (Wildman–Crippen LogP) is 2.96. The second kappa shape index (κ2) is 5.71. The first-order valence-electron chi connectivity index (χ1n) is 7.56. The lowest BCUT2D eigenvalue weighted by Gasteiger charge is -2.25. The molecule has 2 aromatic rings. The van der Waals surface area contributed by atoms with Crippen LogP contribution in [0.25, 0.3) is 11.0 Å². The monoisotopic (exact) mass is 288 g/mol. The van der Waals surface area contributed by atoms with Crippen molar-refractivity contribution in [3.05, 3.63) is 17.5 Å². The van der Waals surface area contributed by atoms with E-state index in [-0.39, 0.29) is 5.56 Å². The van der Waals surface area contributed by atoms with Gasteiger partial charge in [-0.25, -0.2) is 9.78 Å². The van der Waals surface area contributed by atoms with Gasteiger partial charge >= 0.3 is 5.97 Å². The highest BCUT2D eigenvalue weighted by Gasteiger charge is 2.23. The van der Waals surface area contributed by atoms with Crippen LogP contribution in [0, 0.1) is 0 Å². The number of fused-ring (bicyclic) bond motifs is 1. The molecule has 2 aromatic heterocycles. The summed E-state index contributed by atoms with van der Waals surface area (Å²) in [5, 5.41) is 20.7. The highest BCUT2D eigenvalue weighted by Crippen LogP contribution is 2.31. The number of rotatable bonds is 4. The SMILES string of the molecule is CCc1nc2[nH]ncc2c(NC2CCCCC2)c1C(=O)O. The average molecular weight is 288 g/mol. The Morgan fingerprint density at radius 1 is 1.43 bits per heavy atom. The number of nitrogens with zero attached hydrogens (tertiary/aromatic N) is 2. The lowest BCUT2D eigenvalue weighted by atomic mass is 9.94. The number of pyridine rings is 1. The van der Waals surface area contributed by atoms with E-state index in [2.05, 4.69) is 20.5 Å². The molecule has 0 unspecified atom stereocenters. The Balaban J connectivity index is 2.09. The minimum atomic E-state index is -0.930. The normalized spacial score (nSPS) is 16.2. The van der Waals surface area contributed by atoms with Gasteiger partial charge in [0.2, 0.25) is 0 Å². The molecule has 0 radical (unpaired) electrons. The summed E-state index contributed by atoms with van der Waals surface area (Å²) in [7, 11) is 0. The zero-order valence-corrected chi connectivity index (χ0v) is 12.1. The van der Waals surface area contributed by atoms with Gasteiger partial charge in [0.15, 0.2) is 5.65 Å². The molecule has 2 heterocycles. The van der Waals surface area contributed by atoms with Crippen molar-refractivity contribution in [3.8, 4) is 0 Å². The minimum Gasteiger partial charge on any atom is -0.478 e. The molecule has 6 nitrogen and oxygen atoms in total. The third-order valence-corrected chi connectivity index (χ3v) is 4.18. The van der Waals surface area contributed by atoms with Gasteiger partial charge in [0.25, 0.3) is 0 Å². The van der Waals surface area contributed by atoms with Crippen molar-refractivity contribution in [3.63, 3.8) is 0 Å². The van der Waals surface area contributed by atoms with Crippen LogP contribution in [0.5, 0.6) is 0 Å². The molecular formula is C15H20N4O2. The first-order chi connectivity index (χ1) is 10.2. The van der Waals surface area contributed by atoms with Gasteiger partial charge < -0.3 is 10.4 Å². The highest BCUT2D eigenvalue weighted by molar-refractivity contribution is 6.04. The molecule has 0 amide bonds. The van der Waals surface area contributed by atoms with Crippen LogP contribution < -0.4 is 5.32 Å². The first-order valence-corrected chi connectivity index (χ1v) is 7.56. The van der Waals surface area contributed by atoms with E-state index in [0.717, 1.165) is 18.2 Å². The second-order valence-corrected chi connectivity index (χ2v) is 5.58. The van der Waals surface area contributed by atoms with Gasteiger partial charge in [0.05, 0.1) is 23.0 Å². The van der Waals surface area contributed by atoms with Crippen molar-refractivity contribution in [1.29, 1.82) is 0 Å². The lowest BCUT2D eigenvalue weighted by Crippen LogP contribution is -2.24. The summed E-state index contributed by atoms with van der Waals surface area (Å²) in [6.45, 7) is 1.92. The zero-order valence-electron chi connectivity index (χ0n) is 12.1. The molecule has 1 fully saturated rings. The number of carboxylic acids is 1. The van der Waals surface area contributed by atoms with E-state index in [4.69, 9.17) is 0 Å². The van der Waals surface area contributed by atoms with E-state index in [1.54, 1.807) is 6.20 Å². The average Bonchev–Trinajstić information content (AvgIpc) is 2.95. The number of hydrogen-bond acceptors (Lipinski definition) is 4. The number of aromatic nitrogens is 3. The molecule has 0 saturated heterocycles. The van der Waals surface area contributed by atoms with E-state index in [9.17, 15) is 9.90 Å². The number of aryl methyl sites for hydroxylation is 1. The van der Waals surface area contributed by atoms with Crippen LogP contribution in [0.4, 0.5) is 5.69 Å². The number of nitrogens with one attached hydrogen (secondary N) is 2. The largest absolute Gasteiger partial charge is 0.478 e. The van der Waals surface area contributed by atoms with Gasteiger partial charge in [-0.3, -0.25) is 5.10 Å². The van der Waals surface area contributed by atoms with Gasteiger partial charge in [0.1, 0.15) is 5.56 Å². The number of H-pyrrole nitrogens is 1. The van der Waals surface area contributed by atoms with E-state index in [1.807, 2.05) is 6.92 Å². The number of carboxylic acid groups (broad SMARTS) is 1. The van der Waals surface area contributed by atoms with E-state index < -0.39 is 5.97 Å². The molecule has 112 valence electrons. The summed E-state index contributed by atoms with van der Waals surface area (Å²) in [5.41, 5.74) is 2.20. The van der Waals surface area contributed by atoms with E-state index in [1.165, 1.54) is 19.3 Å². The fourth-order valence-corrected chi connectivity index (χ4v) is 3.10. The number of aromatic carboxylic acids is 1. The summed E-state index contributed by atoms with van der Waals surface area (Å²) in [6.07, 6.45) is 8.06. The second-order valence-electron chi connectivity index (χ2n) is 5.58. The maximum Gasteiger partial charge on any atom is 0.339 e. The Labute approximate surface area is 123 Å². The van der Waals surface area contributed by atoms with Crippen LogP contribution in [-0.2, 0) is 6.42 Å². The number of carbonyl (C=O) groups is 1. The van der Waals surface area contributed by atoms with Crippen molar-refractivity contribution in [2.24, 2.45) is 0 Å². The van der Waals surface area contributed by atoms with Crippen LogP contribution in [0.15, 0.2) is 6.20 Å². The molecule has 1 aliphatic rings. The van der Waals surface area contributed by atoms with Crippen molar-refractivity contribution >= 4 is 22.7 Å². The number of hydrogen-bond donors (Lipinski definition) is 3. The van der Waals surface area contributed by atoms with Crippen LogP contribution >= 0.6 is 0 Å². The van der Waals surface area contributed by atoms with Gasteiger partial charge in [-0.05, 0) is 19.3 Å². The Morgan fingerprint density at radius 3 is 2.86 bits per heavy atom. The van der Waals surface area contributed by atoms with Crippen molar-refractivity contribution in [2.75, 3.05) is 5.32 Å². The van der Waals surface area contributed by atoms with Crippen molar-refractivity contribution in [2.45, 2.75) is 51.5 Å². The molecule has 0 aliphatic heterocycles. The van der Waals surface area contributed by atoms with Gasteiger partial charge in [-0.15, -0.1) is 0 Å². The molecule has 0 spiro atoms. The predicted molar refractivity (Wildman–Crippen MR) is 80.7 cm³/mol. The molecule has 1 saturated carbocycles. The Morgan fingerprint density at radius 2 is 2.19 bits per heavy atom. The number of aromatic amines is 1. The van der Waals surface area contributed by atoms with E-state index >= 15 is 0 Å². The molecule has 0 aromatic carbocycles. The van der Waals surface area contributed by atoms with Crippen LogP contribution in [0.3, 0.4) is 0 Å². The van der Waals surface area contributed by atoms with Crippen molar-refractivity contribution < 1.29 is 9.90 Å². The summed E-state index contributed by atoms with van der Waals surface area (Å²) >= 11 is 0. The Bertz CT molecular complexity index is 659. The molecule has 3 N–H and O–H groups in total. The minimum absolute atomic E-state index is 0.289. The number of anilines is 1. The van der Waals surface area contributed by atoms with Gasteiger partial charge in [0, 0.05) is 6.04 Å². The fourth-order valence-electron chi connectivity index (χ4n) is 3.10.